The first-order valence-electron chi connectivity index (χ1n) is 10.9. The van der Waals surface area contributed by atoms with Crippen LogP contribution in [0.4, 0.5) is 5.69 Å². The van der Waals surface area contributed by atoms with Gasteiger partial charge in [-0.1, -0.05) is 30.3 Å². The van der Waals surface area contributed by atoms with Gasteiger partial charge < -0.3 is 15.0 Å². The van der Waals surface area contributed by atoms with E-state index in [0.29, 0.717) is 35.1 Å². The summed E-state index contributed by atoms with van der Waals surface area (Å²) in [7, 11) is 0. The molecular formula is C24H26N4O4S. The minimum absolute atomic E-state index is 0.0149. The Labute approximate surface area is 196 Å². The Bertz CT molecular complexity index is 1120. The van der Waals surface area contributed by atoms with Gasteiger partial charge in [0.05, 0.1) is 34.3 Å². The summed E-state index contributed by atoms with van der Waals surface area (Å²) >= 11 is 1.15. The number of hydrogen-bond donors (Lipinski definition) is 1. The molecule has 1 aliphatic rings. The number of carbonyl (C=O) groups excluding carboxylic acids is 3. The van der Waals surface area contributed by atoms with E-state index in [1.54, 1.807) is 18.3 Å². The van der Waals surface area contributed by atoms with Crippen LogP contribution in [0.1, 0.15) is 44.7 Å². The van der Waals surface area contributed by atoms with Crippen LogP contribution in [0.3, 0.4) is 0 Å². The Hall–Kier alpha value is -3.30. The molecular weight excluding hydrogens is 440 g/mol. The molecule has 2 aromatic heterocycles. The average Bonchev–Trinajstić information content (AvgIpc) is 3.49. The highest BCUT2D eigenvalue weighted by molar-refractivity contribution is 7.16. The van der Waals surface area contributed by atoms with E-state index in [4.69, 9.17) is 4.74 Å². The summed E-state index contributed by atoms with van der Waals surface area (Å²) in [5.41, 5.74) is 1.61. The lowest BCUT2D eigenvalue weighted by Crippen LogP contribution is -2.44. The average molecular weight is 467 g/mol. The molecule has 0 spiro atoms. The fourth-order valence-corrected chi connectivity index (χ4v) is 4.48. The molecule has 0 aliphatic carbocycles. The number of nitrogens with zero attached hydrogens (tertiary/aromatic N) is 3. The van der Waals surface area contributed by atoms with Crippen molar-refractivity contribution in [2.75, 3.05) is 18.4 Å². The molecule has 9 heteroatoms. The van der Waals surface area contributed by atoms with E-state index >= 15 is 0 Å². The molecule has 1 aliphatic heterocycles. The van der Waals surface area contributed by atoms with Crippen molar-refractivity contribution in [3.05, 3.63) is 70.2 Å². The van der Waals surface area contributed by atoms with Gasteiger partial charge in [-0.3, -0.25) is 19.1 Å². The van der Waals surface area contributed by atoms with Gasteiger partial charge in [-0.05, 0) is 37.5 Å². The summed E-state index contributed by atoms with van der Waals surface area (Å²) in [4.78, 5) is 39.4. The van der Waals surface area contributed by atoms with E-state index in [0.717, 1.165) is 29.7 Å². The Morgan fingerprint density at radius 3 is 2.70 bits per heavy atom. The molecule has 0 saturated carbocycles. The molecule has 1 unspecified atom stereocenters. The van der Waals surface area contributed by atoms with Crippen LogP contribution in [0.5, 0.6) is 0 Å². The van der Waals surface area contributed by atoms with Crippen LogP contribution in [0.2, 0.25) is 0 Å². The molecule has 1 fully saturated rings. The normalized spacial score (nSPS) is 15.9. The SMILES string of the molecule is CC(=O)c1ccc(C(=O)Nc2cnn(CC(=O)N3CCCC(OCc4ccccc4)C3)c2)s1. The maximum absolute atomic E-state index is 12.8. The van der Waals surface area contributed by atoms with E-state index < -0.39 is 0 Å². The largest absolute Gasteiger partial charge is 0.372 e. The smallest absolute Gasteiger partial charge is 0.265 e. The van der Waals surface area contributed by atoms with Crippen LogP contribution < -0.4 is 5.32 Å². The number of ether oxygens (including phenoxy) is 1. The number of aromatic nitrogens is 2. The number of likely N-dealkylation sites (tertiary alicyclic amines) is 1. The summed E-state index contributed by atoms with van der Waals surface area (Å²) in [5.74, 6) is -0.419. The van der Waals surface area contributed by atoms with Crippen molar-refractivity contribution in [1.29, 1.82) is 0 Å². The first-order valence-corrected chi connectivity index (χ1v) is 11.7. The zero-order valence-electron chi connectivity index (χ0n) is 18.4. The zero-order chi connectivity index (χ0) is 23.2. The minimum atomic E-state index is -0.312. The lowest BCUT2D eigenvalue weighted by Gasteiger charge is -2.32. The summed E-state index contributed by atoms with van der Waals surface area (Å²) in [6, 6.07) is 13.3. The van der Waals surface area contributed by atoms with Gasteiger partial charge in [0.2, 0.25) is 5.91 Å². The highest BCUT2D eigenvalue weighted by Gasteiger charge is 2.24. The number of hydrogen-bond acceptors (Lipinski definition) is 6. The van der Waals surface area contributed by atoms with Gasteiger partial charge in [-0.25, -0.2) is 0 Å². The molecule has 3 heterocycles. The Balaban J connectivity index is 1.27. The van der Waals surface area contributed by atoms with Crippen molar-refractivity contribution in [1.82, 2.24) is 14.7 Å². The van der Waals surface area contributed by atoms with Crippen LogP contribution in [0.25, 0.3) is 0 Å². The van der Waals surface area contributed by atoms with Crippen LogP contribution in [0.15, 0.2) is 54.9 Å². The van der Waals surface area contributed by atoms with Crippen LogP contribution in [-0.2, 0) is 22.7 Å². The monoisotopic (exact) mass is 466 g/mol. The second-order valence-electron chi connectivity index (χ2n) is 8.00. The first kappa shape index (κ1) is 22.9. The summed E-state index contributed by atoms with van der Waals surface area (Å²) < 4.78 is 7.54. The Kier molecular flexibility index (Phi) is 7.31. The number of amides is 2. The number of ketones is 1. The third kappa shape index (κ3) is 6.15. The van der Waals surface area contributed by atoms with Gasteiger partial charge in [0, 0.05) is 19.3 Å². The number of rotatable bonds is 8. The number of nitrogens with one attached hydrogen (secondary N) is 1. The predicted molar refractivity (Wildman–Crippen MR) is 125 cm³/mol. The van der Waals surface area contributed by atoms with Crippen LogP contribution >= 0.6 is 11.3 Å². The molecule has 2 amide bonds. The molecule has 0 bridgehead atoms. The molecule has 172 valence electrons. The van der Waals surface area contributed by atoms with Crippen molar-refractivity contribution >= 4 is 34.6 Å². The zero-order valence-corrected chi connectivity index (χ0v) is 19.2. The second kappa shape index (κ2) is 10.5. The van der Waals surface area contributed by atoms with Gasteiger partial charge in [0.25, 0.3) is 5.91 Å². The molecule has 8 nitrogen and oxygen atoms in total. The topological polar surface area (TPSA) is 93.5 Å². The van der Waals surface area contributed by atoms with Crippen molar-refractivity contribution < 1.29 is 19.1 Å². The quantitative estimate of drug-likeness (QED) is 0.512. The number of carbonyl (C=O) groups is 3. The molecule has 33 heavy (non-hydrogen) atoms. The van der Waals surface area contributed by atoms with Gasteiger partial charge in [0.15, 0.2) is 5.78 Å². The highest BCUT2D eigenvalue weighted by Crippen LogP contribution is 2.19. The van der Waals surface area contributed by atoms with Gasteiger partial charge in [-0.2, -0.15) is 5.10 Å². The van der Waals surface area contributed by atoms with Crippen LogP contribution in [-0.4, -0.2) is 51.5 Å². The maximum Gasteiger partial charge on any atom is 0.265 e. The predicted octanol–water partition coefficient (Wildman–Crippen LogP) is 3.61. The van der Waals surface area contributed by atoms with Crippen LogP contribution in [0, 0.1) is 0 Å². The minimum Gasteiger partial charge on any atom is -0.372 e. The summed E-state index contributed by atoms with van der Waals surface area (Å²) in [6.07, 6.45) is 4.98. The number of anilines is 1. The molecule has 1 aromatic carbocycles. The van der Waals surface area contributed by atoms with E-state index in [1.807, 2.05) is 35.2 Å². The lowest BCUT2D eigenvalue weighted by molar-refractivity contribution is -0.136. The van der Waals surface area contributed by atoms with E-state index in [9.17, 15) is 14.4 Å². The number of benzene rings is 1. The Morgan fingerprint density at radius 2 is 1.94 bits per heavy atom. The molecule has 1 N–H and O–H groups in total. The van der Waals surface area contributed by atoms with Gasteiger partial charge in [0.1, 0.15) is 6.54 Å². The molecule has 3 aromatic rings. The number of Topliss-reactive ketones (excluding diaryl/α,β-unsaturated/α-hetero) is 1. The standard InChI is InChI=1S/C24H26N4O4S/c1-17(29)21-9-10-22(33-21)24(31)26-19-12-25-28(13-19)15-23(30)27-11-5-8-20(14-27)32-16-18-6-3-2-4-7-18/h2-4,6-7,9-10,12-13,20H,5,8,11,14-16H2,1H3,(H,26,31). The number of thiophene rings is 1. The molecule has 1 atom stereocenters. The molecule has 4 rings (SSSR count). The van der Waals surface area contributed by atoms with Gasteiger partial charge >= 0.3 is 0 Å². The third-order valence-electron chi connectivity index (χ3n) is 5.42. The third-order valence-corrected chi connectivity index (χ3v) is 6.61. The fraction of sp³-hybridized carbons (Fsp3) is 0.333. The van der Waals surface area contributed by atoms with Crippen molar-refractivity contribution in [2.24, 2.45) is 0 Å². The summed E-state index contributed by atoms with van der Waals surface area (Å²) in [5, 5.41) is 6.95. The van der Waals surface area contributed by atoms with E-state index in [2.05, 4.69) is 10.4 Å². The van der Waals surface area contributed by atoms with E-state index in [1.165, 1.54) is 17.8 Å². The summed E-state index contributed by atoms with van der Waals surface area (Å²) in [6.45, 7) is 3.36. The first-order chi connectivity index (χ1) is 16.0. The van der Waals surface area contributed by atoms with Gasteiger partial charge in [-0.15, -0.1) is 11.3 Å². The number of piperidine rings is 1. The second-order valence-corrected chi connectivity index (χ2v) is 9.09. The maximum atomic E-state index is 12.8. The van der Waals surface area contributed by atoms with Crippen molar-refractivity contribution in [3.63, 3.8) is 0 Å². The molecule has 0 radical (unpaired) electrons. The Morgan fingerprint density at radius 1 is 1.15 bits per heavy atom. The highest BCUT2D eigenvalue weighted by atomic mass is 32.1. The fourth-order valence-electron chi connectivity index (χ4n) is 3.68. The van der Waals surface area contributed by atoms with Crippen molar-refractivity contribution in [3.8, 4) is 0 Å². The lowest BCUT2D eigenvalue weighted by atomic mass is 10.1. The molecule has 1 saturated heterocycles. The van der Waals surface area contributed by atoms with Crippen molar-refractivity contribution in [2.45, 2.75) is 39.0 Å². The van der Waals surface area contributed by atoms with E-state index in [-0.39, 0.29) is 30.2 Å².